The van der Waals surface area contributed by atoms with E-state index in [4.69, 9.17) is 14.1 Å². The van der Waals surface area contributed by atoms with Gasteiger partial charge in [0.2, 0.25) is 0 Å². The van der Waals surface area contributed by atoms with E-state index in [-0.39, 0.29) is 5.92 Å². The lowest BCUT2D eigenvalue weighted by atomic mass is 10.0. The molecule has 3 N–H and O–H groups in total. The molecule has 0 aliphatic carbocycles. The molecule has 5 heterocycles. The molecule has 0 radical (unpaired) electrons. The molecular weight excluding hydrogens is 444 g/mol. The lowest BCUT2D eigenvalue weighted by Crippen LogP contribution is -2.30. The largest absolute Gasteiger partial charge is 0.440 e. The van der Waals surface area contributed by atoms with E-state index in [2.05, 4.69) is 31.5 Å². The monoisotopic (exact) mass is 474 g/mol. The topological polar surface area (TPSA) is 112 Å². The molecule has 2 aliphatic rings. The number of hydrogen-bond acceptors (Lipinski definition) is 8. The van der Waals surface area contributed by atoms with Gasteiger partial charge in [0, 0.05) is 44.5 Å². The maximum Gasteiger partial charge on any atom is 0.198 e. The first kappa shape index (κ1) is 22.1. The molecule has 0 bridgehead atoms. The number of hydrogen-bond donors (Lipinski definition) is 3. The van der Waals surface area contributed by atoms with Crippen LogP contribution in [0.15, 0.2) is 47.0 Å². The van der Waals surface area contributed by atoms with Crippen molar-refractivity contribution in [2.24, 2.45) is 0 Å². The van der Waals surface area contributed by atoms with Crippen molar-refractivity contribution in [1.82, 2.24) is 20.2 Å². The molecular formula is C26H30N6O3. The summed E-state index contributed by atoms with van der Waals surface area (Å²) in [4.78, 5) is 11.9. The molecule has 0 spiro atoms. The lowest BCUT2D eigenvalue weighted by Gasteiger charge is -2.31. The molecule has 1 aromatic carbocycles. The predicted octanol–water partition coefficient (Wildman–Crippen LogP) is 4.60. The first-order chi connectivity index (χ1) is 17.2. The second-order valence-corrected chi connectivity index (χ2v) is 9.29. The van der Waals surface area contributed by atoms with Gasteiger partial charge in [-0.3, -0.25) is 5.10 Å². The summed E-state index contributed by atoms with van der Waals surface area (Å²) in [5.74, 6) is 1.06. The zero-order valence-corrected chi connectivity index (χ0v) is 19.6. The predicted molar refractivity (Wildman–Crippen MR) is 133 cm³/mol. The number of aliphatic hydroxyl groups excluding tert-OH is 1. The fraction of sp³-hybridized carbons (Fsp3) is 0.423. The molecule has 9 heteroatoms. The number of nitrogens with zero attached hydrogens (tertiary/aromatic N) is 4. The van der Waals surface area contributed by atoms with Crippen molar-refractivity contribution in [1.29, 1.82) is 0 Å². The van der Waals surface area contributed by atoms with Gasteiger partial charge in [-0.2, -0.15) is 5.10 Å². The number of anilines is 2. The van der Waals surface area contributed by atoms with Crippen molar-refractivity contribution in [3.63, 3.8) is 0 Å². The van der Waals surface area contributed by atoms with Gasteiger partial charge in [-0.05, 0) is 56.4 Å². The number of oxazole rings is 1. The van der Waals surface area contributed by atoms with Crippen LogP contribution in [0.2, 0.25) is 0 Å². The first-order valence-corrected chi connectivity index (χ1v) is 12.4. The normalized spacial score (nSPS) is 18.1. The van der Waals surface area contributed by atoms with Gasteiger partial charge in [-0.1, -0.05) is 6.07 Å². The summed E-state index contributed by atoms with van der Waals surface area (Å²) in [5.41, 5.74) is 5.48. The van der Waals surface area contributed by atoms with Gasteiger partial charge in [0.05, 0.1) is 28.5 Å². The van der Waals surface area contributed by atoms with E-state index in [1.807, 2.05) is 30.3 Å². The summed E-state index contributed by atoms with van der Waals surface area (Å²) in [7, 11) is 0. The van der Waals surface area contributed by atoms with Gasteiger partial charge in [0.1, 0.15) is 5.52 Å². The molecule has 2 fully saturated rings. The van der Waals surface area contributed by atoms with Crippen LogP contribution in [0, 0.1) is 0 Å². The number of benzene rings is 1. The van der Waals surface area contributed by atoms with E-state index in [0.29, 0.717) is 5.69 Å². The number of rotatable bonds is 6. The fourth-order valence-corrected chi connectivity index (χ4v) is 4.99. The Morgan fingerprint density at radius 1 is 1.06 bits per heavy atom. The van der Waals surface area contributed by atoms with Crippen molar-refractivity contribution in [2.45, 2.75) is 44.2 Å². The average molecular weight is 475 g/mol. The number of aromatic amines is 1. The highest BCUT2D eigenvalue weighted by Crippen LogP contribution is 2.37. The van der Waals surface area contributed by atoms with Crippen LogP contribution >= 0.6 is 0 Å². The van der Waals surface area contributed by atoms with Crippen LogP contribution in [0.4, 0.5) is 11.4 Å². The summed E-state index contributed by atoms with van der Waals surface area (Å²) in [5, 5.41) is 21.3. The SMILES string of the molecule is OC(Nc1cc2oc(C3CCOCC3)nc2cc1N1CCCCC1)c1cccc(-c2ccn[nH]2)n1. The van der Waals surface area contributed by atoms with Gasteiger partial charge in [-0.25, -0.2) is 9.97 Å². The van der Waals surface area contributed by atoms with E-state index in [1.165, 1.54) is 6.42 Å². The maximum absolute atomic E-state index is 11.1. The molecule has 3 aromatic heterocycles. The smallest absolute Gasteiger partial charge is 0.198 e. The second-order valence-electron chi connectivity index (χ2n) is 9.29. The minimum atomic E-state index is -0.989. The summed E-state index contributed by atoms with van der Waals surface area (Å²) in [6, 6.07) is 11.5. The molecule has 0 saturated carbocycles. The number of pyridine rings is 1. The zero-order valence-electron chi connectivity index (χ0n) is 19.6. The highest BCUT2D eigenvalue weighted by atomic mass is 16.5. The van der Waals surface area contributed by atoms with Crippen molar-refractivity contribution in [2.75, 3.05) is 36.5 Å². The highest BCUT2D eigenvalue weighted by Gasteiger charge is 2.24. The molecule has 182 valence electrons. The molecule has 4 aromatic rings. The maximum atomic E-state index is 11.1. The van der Waals surface area contributed by atoms with Crippen LogP contribution in [0.5, 0.6) is 0 Å². The quantitative estimate of drug-likeness (QED) is 0.348. The van der Waals surface area contributed by atoms with Crippen molar-refractivity contribution >= 4 is 22.5 Å². The number of aliphatic hydroxyl groups is 1. The standard InChI is InChI=1S/C26H30N6O3/c33-25(20-6-4-5-18(28-20)19-7-10-27-31-19)29-21-16-24-22(15-23(21)32-11-2-1-3-12-32)30-26(35-24)17-8-13-34-14-9-17/h4-7,10,15-17,25,29,33H,1-3,8-9,11-14H2,(H,27,31). The number of aromatic nitrogens is 4. The Labute approximate surface area is 203 Å². The molecule has 1 unspecified atom stereocenters. The van der Waals surface area contributed by atoms with Crippen LogP contribution < -0.4 is 10.2 Å². The van der Waals surface area contributed by atoms with Crippen LogP contribution in [-0.2, 0) is 4.74 Å². The minimum Gasteiger partial charge on any atom is -0.440 e. The third kappa shape index (κ3) is 4.61. The van der Waals surface area contributed by atoms with Crippen molar-refractivity contribution in [3.05, 3.63) is 54.2 Å². The second kappa shape index (κ2) is 9.67. The van der Waals surface area contributed by atoms with Gasteiger partial charge in [-0.15, -0.1) is 0 Å². The van der Waals surface area contributed by atoms with Gasteiger partial charge in [0.25, 0.3) is 0 Å². The van der Waals surface area contributed by atoms with Crippen LogP contribution in [0.1, 0.15) is 55.8 Å². The average Bonchev–Trinajstić information content (AvgIpc) is 3.60. The van der Waals surface area contributed by atoms with E-state index in [9.17, 15) is 5.11 Å². The zero-order chi connectivity index (χ0) is 23.6. The third-order valence-electron chi connectivity index (χ3n) is 6.91. The number of piperidine rings is 1. The number of H-pyrrole nitrogens is 1. The van der Waals surface area contributed by atoms with E-state index in [0.717, 1.165) is 91.7 Å². The molecule has 35 heavy (non-hydrogen) atoms. The van der Waals surface area contributed by atoms with Crippen LogP contribution in [-0.4, -0.2) is 51.6 Å². The summed E-state index contributed by atoms with van der Waals surface area (Å²) in [6.07, 6.45) is 6.09. The van der Waals surface area contributed by atoms with Crippen LogP contribution in [0.3, 0.4) is 0 Å². The number of fused-ring (bicyclic) bond motifs is 1. The molecule has 9 nitrogen and oxygen atoms in total. The summed E-state index contributed by atoms with van der Waals surface area (Å²) in [6.45, 7) is 3.45. The minimum absolute atomic E-state index is 0.283. The Morgan fingerprint density at radius 3 is 2.71 bits per heavy atom. The fourth-order valence-electron chi connectivity index (χ4n) is 4.99. The molecule has 2 saturated heterocycles. The van der Waals surface area contributed by atoms with Gasteiger partial charge >= 0.3 is 0 Å². The lowest BCUT2D eigenvalue weighted by molar-refractivity contribution is 0.0798. The Balaban J connectivity index is 1.33. The first-order valence-electron chi connectivity index (χ1n) is 12.4. The highest BCUT2D eigenvalue weighted by molar-refractivity contribution is 5.87. The Morgan fingerprint density at radius 2 is 1.91 bits per heavy atom. The number of nitrogens with one attached hydrogen (secondary N) is 2. The van der Waals surface area contributed by atoms with Crippen molar-refractivity contribution < 1.29 is 14.3 Å². The number of ether oxygens (including phenoxy) is 1. The van der Waals surface area contributed by atoms with Crippen LogP contribution in [0.25, 0.3) is 22.5 Å². The van der Waals surface area contributed by atoms with E-state index < -0.39 is 6.23 Å². The van der Waals surface area contributed by atoms with E-state index in [1.54, 1.807) is 6.20 Å². The Bertz CT molecular complexity index is 1280. The van der Waals surface area contributed by atoms with Crippen molar-refractivity contribution in [3.8, 4) is 11.4 Å². The van der Waals surface area contributed by atoms with Gasteiger partial charge in [0.15, 0.2) is 17.7 Å². The molecule has 6 rings (SSSR count). The van der Waals surface area contributed by atoms with Gasteiger partial charge < -0.3 is 24.5 Å². The molecule has 0 amide bonds. The third-order valence-corrected chi connectivity index (χ3v) is 6.91. The Kier molecular flexibility index (Phi) is 6.10. The summed E-state index contributed by atoms with van der Waals surface area (Å²) >= 11 is 0. The Hall–Kier alpha value is -3.43. The summed E-state index contributed by atoms with van der Waals surface area (Å²) < 4.78 is 11.7. The van der Waals surface area contributed by atoms with E-state index >= 15 is 0 Å². The molecule has 2 aliphatic heterocycles. The molecule has 1 atom stereocenters.